The van der Waals surface area contributed by atoms with Crippen LogP contribution < -0.4 is 4.90 Å². The van der Waals surface area contributed by atoms with Gasteiger partial charge in [0.2, 0.25) is 0 Å². The fourth-order valence-electron chi connectivity index (χ4n) is 3.24. The van der Waals surface area contributed by atoms with E-state index in [0.717, 1.165) is 37.0 Å². The Morgan fingerprint density at radius 1 is 1.17 bits per heavy atom. The summed E-state index contributed by atoms with van der Waals surface area (Å²) in [5.74, 6) is 2.71. The summed E-state index contributed by atoms with van der Waals surface area (Å²) in [5, 5.41) is 10.1. The lowest BCUT2D eigenvalue weighted by Crippen LogP contribution is -2.55. The van der Waals surface area contributed by atoms with Gasteiger partial charge in [-0.15, -0.1) is 0 Å². The number of hydrogen-bond donors (Lipinski definition) is 1. The summed E-state index contributed by atoms with van der Waals surface area (Å²) < 4.78 is 0. The Morgan fingerprint density at radius 2 is 1.83 bits per heavy atom. The van der Waals surface area contributed by atoms with Gasteiger partial charge >= 0.3 is 0 Å². The second-order valence-electron chi connectivity index (χ2n) is 8.41. The quantitative estimate of drug-likeness (QED) is 0.897. The van der Waals surface area contributed by atoms with E-state index >= 15 is 0 Å². The molecule has 0 bridgehead atoms. The summed E-state index contributed by atoms with van der Waals surface area (Å²) >= 11 is 0. The average Bonchev–Trinajstić information content (AvgIpc) is 2.45. The molecule has 0 saturated carbocycles. The molecule has 1 saturated heterocycles. The number of β-amino-alcohol motifs (C(OH)–C–C–N with tert-alkyl or cyclic N) is 1. The van der Waals surface area contributed by atoms with Crippen molar-refractivity contribution in [2.75, 3.05) is 31.1 Å². The third kappa shape index (κ3) is 4.90. The zero-order valence-corrected chi connectivity index (χ0v) is 16.4. The molecule has 1 aromatic heterocycles. The first-order chi connectivity index (χ1) is 11.1. The Hall–Kier alpha value is -1.20. The Morgan fingerprint density at radius 3 is 2.33 bits per heavy atom. The number of piperazine rings is 1. The van der Waals surface area contributed by atoms with E-state index in [-0.39, 0.29) is 0 Å². The Labute approximate surface area is 147 Å². The summed E-state index contributed by atoms with van der Waals surface area (Å²) in [6, 6.07) is 2.52. The monoisotopic (exact) mass is 334 g/mol. The predicted molar refractivity (Wildman–Crippen MR) is 99.8 cm³/mol. The highest BCUT2D eigenvalue weighted by atomic mass is 16.3. The molecular formula is C19H34N4O. The summed E-state index contributed by atoms with van der Waals surface area (Å²) in [6.07, 6.45) is 0. The van der Waals surface area contributed by atoms with Crippen molar-refractivity contribution < 1.29 is 5.11 Å². The van der Waals surface area contributed by atoms with Gasteiger partial charge in [0.15, 0.2) is 0 Å². The number of nitrogens with zero attached hydrogens (tertiary/aromatic N) is 4. The van der Waals surface area contributed by atoms with E-state index in [1.54, 1.807) is 0 Å². The molecule has 2 rings (SSSR count). The molecule has 5 heteroatoms. The maximum absolute atomic E-state index is 10.1. The van der Waals surface area contributed by atoms with Crippen LogP contribution >= 0.6 is 0 Å². The molecule has 0 spiro atoms. The normalized spacial score (nSPS) is 20.2. The van der Waals surface area contributed by atoms with E-state index in [2.05, 4.69) is 50.5 Å². The van der Waals surface area contributed by atoms with Crippen LogP contribution in [0.1, 0.15) is 71.8 Å². The van der Waals surface area contributed by atoms with Gasteiger partial charge in [-0.2, -0.15) is 0 Å². The smallest absolute Gasteiger partial charge is 0.133 e. The number of aromatic nitrogens is 2. The van der Waals surface area contributed by atoms with Crippen LogP contribution in [0.2, 0.25) is 0 Å². The van der Waals surface area contributed by atoms with Crippen LogP contribution in [0.3, 0.4) is 0 Å². The molecule has 0 aliphatic carbocycles. The lowest BCUT2D eigenvalue weighted by Gasteiger charge is -2.42. The van der Waals surface area contributed by atoms with E-state index in [9.17, 15) is 5.11 Å². The van der Waals surface area contributed by atoms with Gasteiger partial charge in [0, 0.05) is 49.9 Å². The third-order valence-corrected chi connectivity index (χ3v) is 4.47. The molecule has 1 aliphatic rings. The lowest BCUT2D eigenvalue weighted by molar-refractivity contribution is 0.0307. The van der Waals surface area contributed by atoms with E-state index in [1.807, 2.05) is 13.8 Å². The van der Waals surface area contributed by atoms with E-state index < -0.39 is 5.60 Å². The van der Waals surface area contributed by atoms with Crippen LogP contribution in [0.25, 0.3) is 0 Å². The number of aliphatic hydroxyl groups is 1. The molecule has 24 heavy (non-hydrogen) atoms. The molecule has 136 valence electrons. The van der Waals surface area contributed by atoms with Gasteiger partial charge in [0.25, 0.3) is 0 Å². The maximum atomic E-state index is 10.1. The van der Waals surface area contributed by atoms with Gasteiger partial charge in [0.1, 0.15) is 11.6 Å². The van der Waals surface area contributed by atoms with Crippen LogP contribution in [-0.4, -0.2) is 57.8 Å². The van der Waals surface area contributed by atoms with Crippen molar-refractivity contribution in [1.82, 2.24) is 14.9 Å². The maximum Gasteiger partial charge on any atom is 0.133 e. The summed E-state index contributed by atoms with van der Waals surface area (Å²) in [7, 11) is 0. The minimum atomic E-state index is -0.646. The van der Waals surface area contributed by atoms with Crippen LogP contribution in [0.4, 0.5) is 5.82 Å². The number of hydrogen-bond acceptors (Lipinski definition) is 5. The second kappa shape index (κ2) is 7.36. The van der Waals surface area contributed by atoms with Gasteiger partial charge in [-0.3, -0.25) is 4.90 Å². The zero-order valence-electron chi connectivity index (χ0n) is 16.4. The van der Waals surface area contributed by atoms with Crippen molar-refractivity contribution in [2.45, 2.75) is 71.9 Å². The van der Waals surface area contributed by atoms with Crippen molar-refractivity contribution in [1.29, 1.82) is 0 Å². The number of anilines is 1. The summed E-state index contributed by atoms with van der Waals surface area (Å²) in [5.41, 5.74) is 0.474. The topological polar surface area (TPSA) is 52.5 Å². The Bertz CT molecular complexity index is 525. The van der Waals surface area contributed by atoms with Gasteiger partial charge in [-0.1, -0.05) is 27.7 Å². The van der Waals surface area contributed by atoms with Crippen LogP contribution in [0.15, 0.2) is 6.07 Å². The molecule has 0 radical (unpaired) electrons. The third-order valence-electron chi connectivity index (χ3n) is 4.47. The summed E-state index contributed by atoms with van der Waals surface area (Å²) in [6.45, 7) is 18.2. The Balaban J connectivity index is 2.20. The lowest BCUT2D eigenvalue weighted by atomic mass is 10.1. The van der Waals surface area contributed by atoms with E-state index in [1.165, 1.54) is 0 Å². The molecule has 1 atom stereocenters. The second-order valence-corrected chi connectivity index (χ2v) is 8.41. The first-order valence-corrected chi connectivity index (χ1v) is 9.17. The SMILES string of the molecule is CC(C)c1cc(N2CCN(CC(C)(C)O)CC2C)nc(C(C)C)n1. The standard InChI is InChI=1S/C19H34N4O/c1-13(2)16-10-17(21-18(20-16)14(3)4)23-9-8-22(11-15(23)5)12-19(6,7)24/h10,13-15,24H,8-9,11-12H2,1-7H3. The highest BCUT2D eigenvalue weighted by Gasteiger charge is 2.28. The minimum absolute atomic E-state index is 0.328. The molecule has 1 N–H and O–H groups in total. The van der Waals surface area contributed by atoms with Gasteiger partial charge in [0.05, 0.1) is 5.60 Å². The van der Waals surface area contributed by atoms with Crippen molar-refractivity contribution in [3.8, 4) is 0 Å². The zero-order chi connectivity index (χ0) is 18.1. The average molecular weight is 335 g/mol. The van der Waals surface area contributed by atoms with Gasteiger partial charge in [-0.05, 0) is 26.7 Å². The van der Waals surface area contributed by atoms with Gasteiger partial charge in [-0.25, -0.2) is 9.97 Å². The van der Waals surface area contributed by atoms with Crippen molar-refractivity contribution in [3.05, 3.63) is 17.6 Å². The van der Waals surface area contributed by atoms with E-state index in [0.29, 0.717) is 24.4 Å². The molecule has 5 nitrogen and oxygen atoms in total. The fourth-order valence-corrected chi connectivity index (χ4v) is 3.24. The van der Waals surface area contributed by atoms with Crippen LogP contribution in [-0.2, 0) is 0 Å². The first kappa shape index (κ1) is 19.1. The highest BCUT2D eigenvalue weighted by Crippen LogP contribution is 2.25. The molecule has 1 aromatic rings. The van der Waals surface area contributed by atoms with Crippen molar-refractivity contribution in [2.24, 2.45) is 0 Å². The van der Waals surface area contributed by atoms with Gasteiger partial charge < -0.3 is 10.0 Å². The summed E-state index contributed by atoms with van der Waals surface area (Å²) in [4.78, 5) is 14.3. The van der Waals surface area contributed by atoms with Crippen molar-refractivity contribution in [3.63, 3.8) is 0 Å². The predicted octanol–water partition coefficient (Wildman–Crippen LogP) is 3.00. The first-order valence-electron chi connectivity index (χ1n) is 9.17. The largest absolute Gasteiger partial charge is 0.389 e. The fraction of sp³-hybridized carbons (Fsp3) is 0.789. The van der Waals surface area contributed by atoms with Crippen LogP contribution in [0.5, 0.6) is 0 Å². The molecule has 0 amide bonds. The van der Waals surface area contributed by atoms with Crippen molar-refractivity contribution >= 4 is 5.82 Å². The molecular weight excluding hydrogens is 300 g/mol. The van der Waals surface area contributed by atoms with E-state index in [4.69, 9.17) is 9.97 Å². The Kier molecular flexibility index (Phi) is 5.87. The molecule has 1 fully saturated rings. The highest BCUT2D eigenvalue weighted by molar-refractivity contribution is 5.43. The molecule has 1 aliphatic heterocycles. The minimum Gasteiger partial charge on any atom is -0.389 e. The molecule has 1 unspecified atom stereocenters. The number of rotatable bonds is 5. The molecule has 0 aromatic carbocycles. The molecule has 2 heterocycles. The van der Waals surface area contributed by atoms with Crippen LogP contribution in [0, 0.1) is 0 Å².